The van der Waals surface area contributed by atoms with Gasteiger partial charge in [-0.25, -0.2) is 0 Å². The smallest absolute Gasteiger partial charge is 0.325 e. The third-order valence-corrected chi connectivity index (χ3v) is 2.80. The number of hydrogen-bond donors (Lipinski definition) is 2. The first-order valence-corrected chi connectivity index (χ1v) is 4.70. The van der Waals surface area contributed by atoms with E-state index in [0.717, 1.165) is 0 Å². The lowest BCUT2D eigenvalue weighted by Crippen LogP contribution is -2.21. The summed E-state index contributed by atoms with van der Waals surface area (Å²) >= 11 is 17.2. The molecule has 0 unspecified atom stereocenters. The van der Waals surface area contributed by atoms with Crippen LogP contribution < -0.4 is 5.73 Å². The fourth-order valence-electron chi connectivity index (χ4n) is 0.951. The fourth-order valence-corrected chi connectivity index (χ4v) is 1.72. The summed E-state index contributed by atoms with van der Waals surface area (Å²) in [5.74, 6) is -1.21. The van der Waals surface area contributed by atoms with Crippen LogP contribution in [0.3, 0.4) is 0 Å². The SMILES string of the molecule is N[C@@H](C(=O)O)c1c(Cl)ccc(Cl)c1Cl. The minimum atomic E-state index is -1.27. The molecule has 0 amide bonds. The van der Waals surface area contributed by atoms with Crippen molar-refractivity contribution in [2.75, 3.05) is 0 Å². The molecule has 1 aromatic carbocycles. The van der Waals surface area contributed by atoms with Gasteiger partial charge in [0.25, 0.3) is 0 Å². The van der Waals surface area contributed by atoms with Crippen molar-refractivity contribution in [2.24, 2.45) is 5.73 Å². The number of carboxylic acids is 1. The number of nitrogens with two attached hydrogens (primary N) is 1. The highest BCUT2D eigenvalue weighted by molar-refractivity contribution is 6.44. The molecular weight excluding hydrogens is 248 g/mol. The molecule has 0 fully saturated rings. The molecule has 3 nitrogen and oxygen atoms in total. The minimum absolute atomic E-state index is 0.0778. The van der Waals surface area contributed by atoms with Crippen LogP contribution in [0.2, 0.25) is 15.1 Å². The summed E-state index contributed by atoms with van der Waals surface area (Å²) in [6.07, 6.45) is 0. The van der Waals surface area contributed by atoms with Gasteiger partial charge in [0, 0.05) is 10.6 Å². The minimum Gasteiger partial charge on any atom is -0.480 e. The van der Waals surface area contributed by atoms with Gasteiger partial charge in [0.05, 0.1) is 10.0 Å². The molecule has 1 rings (SSSR count). The molecule has 0 aliphatic heterocycles. The van der Waals surface area contributed by atoms with Gasteiger partial charge in [-0.1, -0.05) is 34.8 Å². The molecular formula is C8H6Cl3NO2. The summed E-state index contributed by atoms with van der Waals surface area (Å²) in [7, 11) is 0. The van der Waals surface area contributed by atoms with E-state index in [4.69, 9.17) is 45.6 Å². The van der Waals surface area contributed by atoms with E-state index in [1.165, 1.54) is 12.1 Å². The van der Waals surface area contributed by atoms with Gasteiger partial charge in [0.1, 0.15) is 6.04 Å². The van der Waals surface area contributed by atoms with Crippen molar-refractivity contribution in [2.45, 2.75) is 6.04 Å². The van der Waals surface area contributed by atoms with E-state index >= 15 is 0 Å². The van der Waals surface area contributed by atoms with E-state index in [9.17, 15) is 4.79 Å². The number of aliphatic carboxylic acids is 1. The van der Waals surface area contributed by atoms with Crippen LogP contribution in [0.4, 0.5) is 0 Å². The first-order valence-electron chi connectivity index (χ1n) is 3.57. The molecule has 0 aliphatic carbocycles. The van der Waals surface area contributed by atoms with Crippen molar-refractivity contribution >= 4 is 40.8 Å². The third-order valence-electron chi connectivity index (χ3n) is 1.66. The molecule has 6 heteroatoms. The normalized spacial score (nSPS) is 12.6. The lowest BCUT2D eigenvalue weighted by molar-refractivity contribution is -0.138. The Balaban J connectivity index is 3.32. The van der Waals surface area contributed by atoms with Crippen LogP contribution in [-0.2, 0) is 4.79 Å². The molecule has 14 heavy (non-hydrogen) atoms. The predicted molar refractivity (Wildman–Crippen MR) is 56.0 cm³/mol. The maximum absolute atomic E-state index is 10.6. The molecule has 1 atom stereocenters. The van der Waals surface area contributed by atoms with E-state index in [1.807, 2.05) is 0 Å². The van der Waals surface area contributed by atoms with E-state index < -0.39 is 12.0 Å². The number of benzene rings is 1. The maximum atomic E-state index is 10.6. The van der Waals surface area contributed by atoms with Crippen molar-refractivity contribution in [1.29, 1.82) is 0 Å². The molecule has 0 aromatic heterocycles. The highest BCUT2D eigenvalue weighted by atomic mass is 35.5. The summed E-state index contributed by atoms with van der Waals surface area (Å²) in [6, 6.07) is 1.66. The van der Waals surface area contributed by atoms with Gasteiger partial charge in [-0.3, -0.25) is 4.79 Å². The molecule has 0 saturated carbocycles. The second kappa shape index (κ2) is 4.36. The fraction of sp³-hybridized carbons (Fsp3) is 0.125. The Morgan fingerprint density at radius 3 is 2.29 bits per heavy atom. The van der Waals surface area contributed by atoms with Crippen molar-refractivity contribution in [3.05, 3.63) is 32.8 Å². The number of hydrogen-bond acceptors (Lipinski definition) is 2. The first kappa shape index (κ1) is 11.6. The summed E-state index contributed by atoms with van der Waals surface area (Å²) < 4.78 is 0. The average Bonchev–Trinajstić information content (AvgIpc) is 2.12. The Bertz CT molecular complexity index is 381. The van der Waals surface area contributed by atoms with E-state index in [-0.39, 0.29) is 20.6 Å². The zero-order chi connectivity index (χ0) is 10.9. The second-order valence-corrected chi connectivity index (χ2v) is 3.77. The van der Waals surface area contributed by atoms with Crippen LogP contribution >= 0.6 is 34.8 Å². The Hall–Kier alpha value is -0.480. The lowest BCUT2D eigenvalue weighted by atomic mass is 10.1. The highest BCUT2D eigenvalue weighted by Gasteiger charge is 2.22. The van der Waals surface area contributed by atoms with Crippen molar-refractivity contribution < 1.29 is 9.90 Å². The van der Waals surface area contributed by atoms with Gasteiger partial charge in [0.2, 0.25) is 0 Å². The lowest BCUT2D eigenvalue weighted by Gasteiger charge is -2.11. The Morgan fingerprint density at radius 2 is 1.79 bits per heavy atom. The van der Waals surface area contributed by atoms with Crippen LogP contribution in [0.1, 0.15) is 11.6 Å². The van der Waals surface area contributed by atoms with E-state index in [2.05, 4.69) is 0 Å². The van der Waals surface area contributed by atoms with Crippen LogP contribution in [0.25, 0.3) is 0 Å². The van der Waals surface area contributed by atoms with Gasteiger partial charge in [-0.05, 0) is 12.1 Å². The maximum Gasteiger partial charge on any atom is 0.325 e. The van der Waals surface area contributed by atoms with Gasteiger partial charge < -0.3 is 10.8 Å². The Kier molecular flexibility index (Phi) is 3.61. The summed E-state index contributed by atoms with van der Waals surface area (Å²) in [4.78, 5) is 10.6. The Morgan fingerprint density at radius 1 is 1.29 bits per heavy atom. The molecule has 0 saturated heterocycles. The highest BCUT2D eigenvalue weighted by Crippen LogP contribution is 2.34. The molecule has 0 spiro atoms. The number of carbonyl (C=O) groups is 1. The molecule has 0 bridgehead atoms. The topological polar surface area (TPSA) is 63.3 Å². The molecule has 3 N–H and O–H groups in total. The number of rotatable bonds is 2. The number of halogens is 3. The molecule has 76 valence electrons. The molecule has 0 heterocycles. The van der Waals surface area contributed by atoms with Gasteiger partial charge in [-0.15, -0.1) is 0 Å². The van der Waals surface area contributed by atoms with Crippen molar-refractivity contribution in [3.63, 3.8) is 0 Å². The monoisotopic (exact) mass is 253 g/mol. The van der Waals surface area contributed by atoms with E-state index in [1.54, 1.807) is 0 Å². The Labute approximate surface area is 95.4 Å². The second-order valence-electron chi connectivity index (χ2n) is 2.57. The standard InChI is InChI=1S/C8H6Cl3NO2/c9-3-1-2-4(10)6(11)5(3)7(12)8(13)14/h1-2,7H,12H2,(H,13,14)/t7-/m1/s1. The van der Waals surface area contributed by atoms with Gasteiger partial charge in [0.15, 0.2) is 0 Å². The predicted octanol–water partition coefficient (Wildman–Crippen LogP) is 2.73. The third kappa shape index (κ3) is 2.12. The summed E-state index contributed by atoms with van der Waals surface area (Å²) in [6.45, 7) is 0. The average molecular weight is 254 g/mol. The summed E-state index contributed by atoms with van der Waals surface area (Å²) in [5.41, 5.74) is 5.51. The van der Waals surface area contributed by atoms with Crippen LogP contribution in [0.15, 0.2) is 12.1 Å². The molecule has 0 radical (unpaired) electrons. The quantitative estimate of drug-likeness (QED) is 0.798. The zero-order valence-electron chi connectivity index (χ0n) is 6.80. The van der Waals surface area contributed by atoms with Crippen LogP contribution in [-0.4, -0.2) is 11.1 Å². The zero-order valence-corrected chi connectivity index (χ0v) is 9.07. The van der Waals surface area contributed by atoms with Gasteiger partial charge >= 0.3 is 5.97 Å². The number of carboxylic acid groups (broad SMARTS) is 1. The van der Waals surface area contributed by atoms with Gasteiger partial charge in [-0.2, -0.15) is 0 Å². The van der Waals surface area contributed by atoms with Crippen LogP contribution in [0.5, 0.6) is 0 Å². The summed E-state index contributed by atoms with van der Waals surface area (Å²) in [5, 5.41) is 9.18. The van der Waals surface area contributed by atoms with E-state index in [0.29, 0.717) is 0 Å². The van der Waals surface area contributed by atoms with Crippen LogP contribution in [0, 0.1) is 0 Å². The van der Waals surface area contributed by atoms with Crippen molar-refractivity contribution in [1.82, 2.24) is 0 Å². The molecule has 0 aliphatic rings. The first-order chi connectivity index (χ1) is 6.45. The largest absolute Gasteiger partial charge is 0.480 e. The van der Waals surface area contributed by atoms with Crippen molar-refractivity contribution in [3.8, 4) is 0 Å². The molecule has 1 aromatic rings.